The van der Waals surface area contributed by atoms with Crippen molar-refractivity contribution in [3.05, 3.63) is 0 Å². The SMILES string of the molecule is CCNC(=NCCN1CCN(C(=O)C2CCC2)CC1)NCCN(C)CCCOC.I. The van der Waals surface area contributed by atoms with Crippen LogP contribution in [0.5, 0.6) is 0 Å². The number of hydrogen-bond donors (Lipinski definition) is 2. The van der Waals surface area contributed by atoms with E-state index in [1.165, 1.54) is 6.42 Å². The molecule has 0 aromatic heterocycles. The van der Waals surface area contributed by atoms with Gasteiger partial charge in [0.25, 0.3) is 0 Å². The first-order chi connectivity index (χ1) is 14.1. The van der Waals surface area contributed by atoms with Crippen molar-refractivity contribution in [2.45, 2.75) is 32.6 Å². The predicted molar refractivity (Wildman–Crippen MR) is 134 cm³/mol. The number of piperazine rings is 1. The van der Waals surface area contributed by atoms with Gasteiger partial charge in [-0.1, -0.05) is 6.42 Å². The standard InChI is InChI=1S/C21H42N6O2.HI/c1-4-22-21(23-9-12-25(2)11-6-18-29-3)24-10-13-26-14-16-27(17-15-26)20(28)19-7-5-8-19;/h19H,4-18H2,1-3H3,(H2,22,23,24);1H. The molecule has 0 aromatic carbocycles. The predicted octanol–water partition coefficient (Wildman–Crippen LogP) is 1.07. The number of ether oxygens (including phenoxy) is 1. The molecule has 1 heterocycles. The molecule has 8 nitrogen and oxygen atoms in total. The van der Waals surface area contributed by atoms with Gasteiger partial charge in [-0.2, -0.15) is 0 Å². The molecule has 1 aliphatic carbocycles. The van der Waals surface area contributed by atoms with Gasteiger partial charge in [0.15, 0.2) is 5.96 Å². The van der Waals surface area contributed by atoms with Crippen LogP contribution in [0, 0.1) is 5.92 Å². The van der Waals surface area contributed by atoms with Gasteiger partial charge in [-0.05, 0) is 33.2 Å². The minimum absolute atomic E-state index is 0. The van der Waals surface area contributed by atoms with E-state index in [1.807, 2.05) is 0 Å². The van der Waals surface area contributed by atoms with Crippen LogP contribution >= 0.6 is 24.0 Å². The Kier molecular flexibility index (Phi) is 14.6. The average molecular weight is 539 g/mol. The van der Waals surface area contributed by atoms with Gasteiger partial charge < -0.3 is 25.2 Å². The molecule has 9 heteroatoms. The minimum Gasteiger partial charge on any atom is -0.385 e. The third-order valence-electron chi connectivity index (χ3n) is 5.84. The van der Waals surface area contributed by atoms with Gasteiger partial charge in [0.2, 0.25) is 5.91 Å². The summed E-state index contributed by atoms with van der Waals surface area (Å²) >= 11 is 0. The molecule has 0 spiro atoms. The normalized spacial score (nSPS) is 18.1. The Morgan fingerprint density at radius 1 is 1.17 bits per heavy atom. The number of methoxy groups -OCH3 is 1. The molecule has 0 bridgehead atoms. The zero-order chi connectivity index (χ0) is 20.9. The Bertz CT molecular complexity index is 496. The van der Waals surface area contributed by atoms with Gasteiger partial charge in [-0.25, -0.2) is 0 Å². The molecule has 2 N–H and O–H groups in total. The van der Waals surface area contributed by atoms with Gasteiger partial charge in [0.05, 0.1) is 6.54 Å². The number of halogens is 1. The number of rotatable bonds is 12. The second-order valence-electron chi connectivity index (χ2n) is 8.13. The number of nitrogens with one attached hydrogen (secondary N) is 2. The highest BCUT2D eigenvalue weighted by Gasteiger charge is 2.30. The molecule has 2 fully saturated rings. The molecule has 1 saturated carbocycles. The van der Waals surface area contributed by atoms with Crippen molar-refractivity contribution in [1.29, 1.82) is 0 Å². The van der Waals surface area contributed by atoms with Gasteiger partial charge in [0, 0.05) is 78.5 Å². The van der Waals surface area contributed by atoms with E-state index in [0.29, 0.717) is 11.8 Å². The summed E-state index contributed by atoms with van der Waals surface area (Å²) in [5.41, 5.74) is 0. The lowest BCUT2D eigenvalue weighted by atomic mass is 9.84. The summed E-state index contributed by atoms with van der Waals surface area (Å²) in [7, 11) is 3.88. The molecule has 0 atom stereocenters. The first kappa shape index (κ1) is 27.4. The summed E-state index contributed by atoms with van der Waals surface area (Å²) in [4.78, 5) is 23.9. The van der Waals surface area contributed by atoms with Crippen LogP contribution in [-0.2, 0) is 9.53 Å². The van der Waals surface area contributed by atoms with Crippen molar-refractivity contribution in [1.82, 2.24) is 25.3 Å². The van der Waals surface area contributed by atoms with Gasteiger partial charge in [-0.3, -0.25) is 14.7 Å². The van der Waals surface area contributed by atoms with Crippen molar-refractivity contribution in [2.75, 3.05) is 86.2 Å². The van der Waals surface area contributed by atoms with Gasteiger partial charge in [0.1, 0.15) is 0 Å². The topological polar surface area (TPSA) is 72.4 Å². The fraction of sp³-hybridized carbons (Fsp3) is 0.905. The van der Waals surface area contributed by atoms with Crippen molar-refractivity contribution < 1.29 is 9.53 Å². The number of aliphatic imine (C=N–C) groups is 1. The molecule has 2 aliphatic rings. The molecule has 0 radical (unpaired) electrons. The zero-order valence-corrected chi connectivity index (χ0v) is 21.5. The smallest absolute Gasteiger partial charge is 0.225 e. The van der Waals surface area contributed by atoms with E-state index in [9.17, 15) is 4.79 Å². The molecule has 0 unspecified atom stereocenters. The number of guanidine groups is 1. The van der Waals surface area contributed by atoms with Gasteiger partial charge in [-0.15, -0.1) is 24.0 Å². The summed E-state index contributed by atoms with van der Waals surface area (Å²) in [6.45, 7) is 12.0. The van der Waals surface area contributed by atoms with Crippen molar-refractivity contribution in [3.8, 4) is 0 Å². The Morgan fingerprint density at radius 2 is 1.90 bits per heavy atom. The van der Waals surface area contributed by atoms with E-state index in [1.54, 1.807) is 7.11 Å². The highest BCUT2D eigenvalue weighted by atomic mass is 127. The maximum Gasteiger partial charge on any atom is 0.225 e. The van der Waals surface area contributed by atoms with Crippen LogP contribution in [0.4, 0.5) is 0 Å². The van der Waals surface area contributed by atoms with E-state index in [0.717, 1.165) is 97.3 Å². The summed E-state index contributed by atoms with van der Waals surface area (Å²) in [6, 6.07) is 0. The second kappa shape index (κ2) is 16.0. The number of carbonyl (C=O) groups excluding carboxylic acids is 1. The Morgan fingerprint density at radius 3 is 2.50 bits per heavy atom. The summed E-state index contributed by atoms with van der Waals surface area (Å²) < 4.78 is 5.10. The van der Waals surface area contributed by atoms with Crippen LogP contribution in [-0.4, -0.2) is 113 Å². The van der Waals surface area contributed by atoms with E-state index in [2.05, 4.69) is 39.3 Å². The third kappa shape index (κ3) is 10.1. The van der Waals surface area contributed by atoms with E-state index < -0.39 is 0 Å². The molecule has 30 heavy (non-hydrogen) atoms. The summed E-state index contributed by atoms with van der Waals surface area (Å²) in [5.74, 6) is 1.59. The highest BCUT2D eigenvalue weighted by Crippen LogP contribution is 2.28. The fourth-order valence-electron chi connectivity index (χ4n) is 3.71. The maximum absolute atomic E-state index is 12.3. The number of nitrogens with zero attached hydrogens (tertiary/aromatic N) is 4. The highest BCUT2D eigenvalue weighted by molar-refractivity contribution is 14.0. The van der Waals surface area contributed by atoms with Crippen LogP contribution in [0.1, 0.15) is 32.6 Å². The first-order valence-electron chi connectivity index (χ1n) is 11.3. The molecular weight excluding hydrogens is 495 g/mol. The summed E-state index contributed by atoms with van der Waals surface area (Å²) in [6.07, 6.45) is 4.47. The molecule has 176 valence electrons. The average Bonchev–Trinajstić information content (AvgIpc) is 2.67. The van der Waals surface area contributed by atoms with Crippen LogP contribution in [0.25, 0.3) is 0 Å². The summed E-state index contributed by atoms with van der Waals surface area (Å²) in [5, 5.41) is 6.74. The third-order valence-corrected chi connectivity index (χ3v) is 5.84. The Balaban J connectivity index is 0.00000450. The molecular formula is C21H43IN6O2. The number of likely N-dealkylation sites (N-methyl/N-ethyl adjacent to an activating group) is 1. The maximum atomic E-state index is 12.3. The quantitative estimate of drug-likeness (QED) is 0.168. The minimum atomic E-state index is 0. The number of hydrogen-bond acceptors (Lipinski definition) is 5. The molecule has 0 aromatic rings. The monoisotopic (exact) mass is 538 g/mol. The molecule has 1 amide bonds. The van der Waals surface area contributed by atoms with E-state index in [4.69, 9.17) is 9.73 Å². The second-order valence-corrected chi connectivity index (χ2v) is 8.13. The van der Waals surface area contributed by atoms with Crippen LogP contribution in [0.2, 0.25) is 0 Å². The Hall–Kier alpha value is -0.650. The van der Waals surface area contributed by atoms with Crippen LogP contribution in [0.15, 0.2) is 4.99 Å². The van der Waals surface area contributed by atoms with Crippen molar-refractivity contribution in [3.63, 3.8) is 0 Å². The lowest BCUT2D eigenvalue weighted by molar-refractivity contribution is -0.139. The molecule has 1 saturated heterocycles. The van der Waals surface area contributed by atoms with E-state index >= 15 is 0 Å². The van der Waals surface area contributed by atoms with E-state index in [-0.39, 0.29) is 24.0 Å². The Labute approximate surface area is 200 Å². The van der Waals surface area contributed by atoms with Crippen molar-refractivity contribution in [2.24, 2.45) is 10.9 Å². The largest absolute Gasteiger partial charge is 0.385 e. The van der Waals surface area contributed by atoms with Crippen molar-refractivity contribution >= 4 is 35.8 Å². The zero-order valence-electron chi connectivity index (χ0n) is 19.2. The lowest BCUT2D eigenvalue weighted by Gasteiger charge is -2.38. The lowest BCUT2D eigenvalue weighted by Crippen LogP contribution is -2.51. The van der Waals surface area contributed by atoms with Crippen LogP contribution in [0.3, 0.4) is 0 Å². The van der Waals surface area contributed by atoms with Crippen LogP contribution < -0.4 is 10.6 Å². The fourth-order valence-corrected chi connectivity index (χ4v) is 3.71. The van der Waals surface area contributed by atoms with Gasteiger partial charge >= 0.3 is 0 Å². The number of amides is 1. The first-order valence-corrected chi connectivity index (χ1v) is 11.3. The molecule has 2 rings (SSSR count). The molecule has 1 aliphatic heterocycles. The number of carbonyl (C=O) groups is 1.